The zero-order valence-electron chi connectivity index (χ0n) is 15.6. The van der Waals surface area contributed by atoms with Gasteiger partial charge in [0.2, 0.25) is 0 Å². The Hall–Kier alpha value is -2.49. The number of aliphatic imine (C=N–C) groups is 3. The number of amidine groups is 1. The summed E-state index contributed by atoms with van der Waals surface area (Å²) in [5, 5.41) is 3.28. The zero-order valence-corrected chi connectivity index (χ0v) is 15.6. The van der Waals surface area contributed by atoms with Crippen molar-refractivity contribution in [2.45, 2.75) is 34.1 Å². The largest absolute Gasteiger partial charge is 0.341 e. The fourth-order valence-electron chi connectivity index (χ4n) is 2.08. The smallest absolute Gasteiger partial charge is 0.124 e. The molecule has 4 heteroatoms. The molecule has 0 spiro atoms. The first kappa shape index (κ1) is 19.6. The van der Waals surface area contributed by atoms with Gasteiger partial charge < -0.3 is 5.32 Å². The van der Waals surface area contributed by atoms with Crippen LogP contribution in [0.5, 0.6) is 0 Å². The Morgan fingerprint density at radius 3 is 2.21 bits per heavy atom. The average Bonchev–Trinajstić information content (AvgIpc) is 2.58. The van der Waals surface area contributed by atoms with Crippen molar-refractivity contribution in [3.8, 4) is 0 Å². The van der Waals surface area contributed by atoms with Crippen molar-refractivity contribution in [2.24, 2.45) is 15.0 Å². The summed E-state index contributed by atoms with van der Waals surface area (Å²) >= 11 is 0. The molecule has 0 heterocycles. The molecular formula is C20H28N4. The Morgan fingerprint density at radius 1 is 1.04 bits per heavy atom. The molecule has 4 nitrogen and oxygen atoms in total. The SMILES string of the molecule is C/C=C\C(=NC)Nc1ccc(C(C/C(C)=C/N=C(C)C)=NC)cc1. The lowest BCUT2D eigenvalue weighted by atomic mass is 10.0. The summed E-state index contributed by atoms with van der Waals surface area (Å²) in [6.45, 7) is 8.03. The first-order valence-corrected chi connectivity index (χ1v) is 8.09. The molecule has 0 saturated heterocycles. The third-order valence-corrected chi connectivity index (χ3v) is 3.32. The Bertz CT molecular complexity index is 670. The predicted molar refractivity (Wildman–Crippen MR) is 108 cm³/mol. The first-order chi connectivity index (χ1) is 11.5. The fourth-order valence-corrected chi connectivity index (χ4v) is 2.08. The zero-order chi connectivity index (χ0) is 17.9. The maximum atomic E-state index is 4.43. The van der Waals surface area contributed by atoms with Crippen LogP contribution in [-0.4, -0.2) is 31.4 Å². The normalized spacial score (nSPS) is 13.3. The summed E-state index contributed by atoms with van der Waals surface area (Å²) < 4.78 is 0. The number of rotatable bonds is 6. The molecule has 128 valence electrons. The number of anilines is 1. The maximum absolute atomic E-state index is 4.43. The summed E-state index contributed by atoms with van der Waals surface area (Å²) in [7, 11) is 3.60. The van der Waals surface area contributed by atoms with E-state index < -0.39 is 0 Å². The minimum Gasteiger partial charge on any atom is -0.341 e. The molecule has 0 saturated carbocycles. The van der Waals surface area contributed by atoms with E-state index in [2.05, 4.69) is 39.4 Å². The van der Waals surface area contributed by atoms with Gasteiger partial charge in [0.1, 0.15) is 5.84 Å². The van der Waals surface area contributed by atoms with Crippen LogP contribution in [0.25, 0.3) is 0 Å². The van der Waals surface area contributed by atoms with Crippen molar-refractivity contribution in [3.63, 3.8) is 0 Å². The van der Waals surface area contributed by atoms with Crippen molar-refractivity contribution < 1.29 is 0 Å². The van der Waals surface area contributed by atoms with Gasteiger partial charge in [-0.25, -0.2) is 0 Å². The Morgan fingerprint density at radius 2 is 1.71 bits per heavy atom. The van der Waals surface area contributed by atoms with Crippen LogP contribution in [-0.2, 0) is 0 Å². The van der Waals surface area contributed by atoms with E-state index in [-0.39, 0.29) is 0 Å². The van der Waals surface area contributed by atoms with Crippen molar-refractivity contribution in [1.29, 1.82) is 0 Å². The van der Waals surface area contributed by atoms with Gasteiger partial charge in [-0.2, -0.15) is 0 Å². The minimum atomic E-state index is 0.792. The van der Waals surface area contributed by atoms with Gasteiger partial charge in [0.15, 0.2) is 0 Å². The summed E-state index contributed by atoms with van der Waals surface area (Å²) in [5.74, 6) is 0.834. The molecule has 0 fully saturated rings. The number of hydrogen-bond donors (Lipinski definition) is 1. The molecule has 1 aromatic rings. The summed E-state index contributed by atoms with van der Waals surface area (Å²) in [4.78, 5) is 13.0. The van der Waals surface area contributed by atoms with Gasteiger partial charge in [0.05, 0.1) is 0 Å². The molecule has 1 aromatic carbocycles. The van der Waals surface area contributed by atoms with Crippen LogP contribution in [0.15, 0.2) is 63.2 Å². The standard InChI is InChI=1S/C20H28N4/c1-7-8-20(22-6)24-18-11-9-17(10-12-18)19(21-5)13-16(4)14-23-15(2)3/h7-12,14H,13H2,1-6H3,(H,22,24)/b8-7-,16-14+,21-19?. The van der Waals surface area contributed by atoms with Crippen molar-refractivity contribution >= 4 is 22.9 Å². The molecule has 1 N–H and O–H groups in total. The quantitative estimate of drug-likeness (QED) is 0.587. The van der Waals surface area contributed by atoms with Gasteiger partial charge in [-0.05, 0) is 57.0 Å². The second kappa shape index (κ2) is 10.3. The Balaban J connectivity index is 2.86. The van der Waals surface area contributed by atoms with Crippen molar-refractivity contribution in [3.05, 3.63) is 53.8 Å². The molecule has 0 aliphatic carbocycles. The molecule has 24 heavy (non-hydrogen) atoms. The third-order valence-electron chi connectivity index (χ3n) is 3.32. The van der Waals surface area contributed by atoms with Gasteiger partial charge in [-0.15, -0.1) is 0 Å². The monoisotopic (exact) mass is 324 g/mol. The highest BCUT2D eigenvalue weighted by Gasteiger charge is 2.05. The third kappa shape index (κ3) is 6.73. The van der Waals surface area contributed by atoms with Crippen LogP contribution < -0.4 is 5.32 Å². The highest BCUT2D eigenvalue weighted by molar-refractivity contribution is 6.05. The second-order valence-corrected chi connectivity index (χ2v) is 5.71. The molecule has 0 unspecified atom stereocenters. The van der Waals surface area contributed by atoms with E-state index >= 15 is 0 Å². The minimum absolute atomic E-state index is 0.792. The number of hydrogen-bond acceptors (Lipinski definition) is 3. The number of allylic oxidation sites excluding steroid dienone is 2. The molecular weight excluding hydrogens is 296 g/mol. The van der Waals surface area contributed by atoms with Crippen LogP contribution in [0, 0.1) is 0 Å². The Labute approximate surface area is 145 Å². The Kier molecular flexibility index (Phi) is 8.41. The molecule has 0 radical (unpaired) electrons. The summed E-state index contributed by atoms with van der Waals surface area (Å²) in [6, 6.07) is 8.25. The highest BCUT2D eigenvalue weighted by Crippen LogP contribution is 2.15. The summed E-state index contributed by atoms with van der Waals surface area (Å²) in [6.07, 6.45) is 6.61. The molecule has 0 aliphatic rings. The van der Waals surface area contributed by atoms with Gasteiger partial charge in [-0.1, -0.05) is 18.2 Å². The van der Waals surface area contributed by atoms with Crippen LogP contribution in [0.1, 0.15) is 39.7 Å². The van der Waals surface area contributed by atoms with E-state index in [4.69, 9.17) is 0 Å². The van der Waals surface area contributed by atoms with Crippen LogP contribution >= 0.6 is 0 Å². The van der Waals surface area contributed by atoms with Crippen LogP contribution in [0.3, 0.4) is 0 Å². The lowest BCUT2D eigenvalue weighted by molar-refractivity contribution is 1.20. The number of benzene rings is 1. The number of nitrogens with one attached hydrogen (secondary N) is 1. The van der Waals surface area contributed by atoms with E-state index in [1.807, 2.05) is 58.3 Å². The molecule has 1 rings (SSSR count). The molecule has 0 aromatic heterocycles. The lowest BCUT2D eigenvalue weighted by Gasteiger charge is -2.09. The average molecular weight is 324 g/mol. The van der Waals surface area contributed by atoms with Gasteiger partial charge in [0, 0.05) is 43.8 Å². The fraction of sp³-hybridized carbons (Fsp3) is 0.350. The topological polar surface area (TPSA) is 49.1 Å². The predicted octanol–water partition coefficient (Wildman–Crippen LogP) is 4.90. The molecule has 0 atom stereocenters. The van der Waals surface area contributed by atoms with Crippen molar-refractivity contribution in [2.75, 3.05) is 19.4 Å². The van der Waals surface area contributed by atoms with Crippen molar-refractivity contribution in [1.82, 2.24) is 0 Å². The van der Waals surface area contributed by atoms with Gasteiger partial charge in [-0.3, -0.25) is 15.0 Å². The van der Waals surface area contributed by atoms with E-state index in [0.29, 0.717) is 0 Å². The van der Waals surface area contributed by atoms with Gasteiger partial charge in [0.25, 0.3) is 0 Å². The molecule has 0 aliphatic heterocycles. The summed E-state index contributed by atoms with van der Waals surface area (Å²) in [5.41, 5.74) is 5.42. The molecule has 0 amide bonds. The first-order valence-electron chi connectivity index (χ1n) is 8.09. The van der Waals surface area contributed by atoms with E-state index in [0.717, 1.165) is 34.9 Å². The number of nitrogens with zero attached hydrogens (tertiary/aromatic N) is 3. The van der Waals surface area contributed by atoms with Gasteiger partial charge >= 0.3 is 0 Å². The van der Waals surface area contributed by atoms with E-state index in [9.17, 15) is 0 Å². The van der Waals surface area contributed by atoms with E-state index in [1.54, 1.807) is 7.05 Å². The second-order valence-electron chi connectivity index (χ2n) is 5.71. The van der Waals surface area contributed by atoms with Crippen LogP contribution in [0.2, 0.25) is 0 Å². The molecule has 0 bridgehead atoms. The maximum Gasteiger partial charge on any atom is 0.124 e. The lowest BCUT2D eigenvalue weighted by Crippen LogP contribution is -2.09. The highest BCUT2D eigenvalue weighted by atomic mass is 15.0. The van der Waals surface area contributed by atoms with E-state index in [1.165, 1.54) is 5.57 Å². The van der Waals surface area contributed by atoms with Crippen LogP contribution in [0.4, 0.5) is 5.69 Å².